The Morgan fingerprint density at radius 3 is 1.40 bits per heavy atom. The molecule has 0 saturated carbocycles. The minimum Gasteiger partial charge on any atom is -0.454 e. The molecule has 0 spiro atoms. The summed E-state index contributed by atoms with van der Waals surface area (Å²) in [7, 11) is 0. The lowest BCUT2D eigenvalue weighted by atomic mass is 9.99. The molecule has 0 aromatic carbocycles. The molecule has 11 nitrogen and oxygen atoms in total. The SMILES string of the molecule is CC/C=C\C/C=C\C/C=C\C/C=C\C/C=C\C/C=C\CCCC(O)C(=O)NC(COC1OC(CO)C(O)C(O)C1OC(=O)CCCCCCCCC/C=C/CCCCCCCC)C(O)/C=C/CCCCCCCCCCCC. The van der Waals surface area contributed by atoms with Gasteiger partial charge in [-0.15, -0.1) is 0 Å². The van der Waals surface area contributed by atoms with Gasteiger partial charge in [0.2, 0.25) is 5.91 Å². The number of aliphatic hydroxyl groups excluding tert-OH is 5. The van der Waals surface area contributed by atoms with Gasteiger partial charge in [-0.25, -0.2) is 0 Å². The molecule has 448 valence electrons. The molecule has 1 fully saturated rings. The van der Waals surface area contributed by atoms with Crippen LogP contribution < -0.4 is 5.32 Å². The van der Waals surface area contributed by atoms with Crippen molar-refractivity contribution in [1.29, 1.82) is 0 Å². The average Bonchev–Trinajstić information content (AvgIpc) is 3.44. The second-order valence-corrected chi connectivity index (χ2v) is 21.4. The highest BCUT2D eigenvalue weighted by molar-refractivity contribution is 5.80. The third-order valence-electron chi connectivity index (χ3n) is 14.2. The summed E-state index contributed by atoms with van der Waals surface area (Å²) in [6.07, 6.45) is 61.6. The van der Waals surface area contributed by atoms with Gasteiger partial charge < -0.3 is 45.1 Å². The van der Waals surface area contributed by atoms with Gasteiger partial charge in [0.15, 0.2) is 12.4 Å². The number of esters is 1. The van der Waals surface area contributed by atoms with E-state index in [0.717, 1.165) is 96.3 Å². The van der Waals surface area contributed by atoms with E-state index < -0.39 is 67.4 Å². The van der Waals surface area contributed by atoms with E-state index in [9.17, 15) is 35.1 Å². The maximum absolute atomic E-state index is 13.4. The Balaban J connectivity index is 2.72. The van der Waals surface area contributed by atoms with Gasteiger partial charge in [0.25, 0.3) is 0 Å². The Labute approximate surface area is 475 Å². The number of amides is 1. The molecule has 8 atom stereocenters. The van der Waals surface area contributed by atoms with Crippen LogP contribution in [0.5, 0.6) is 0 Å². The number of carbonyl (C=O) groups is 2. The van der Waals surface area contributed by atoms with Crippen LogP contribution in [-0.2, 0) is 23.8 Å². The average molecular weight is 1090 g/mol. The van der Waals surface area contributed by atoms with Crippen molar-refractivity contribution in [2.24, 2.45) is 0 Å². The summed E-state index contributed by atoms with van der Waals surface area (Å²) >= 11 is 0. The van der Waals surface area contributed by atoms with Gasteiger partial charge >= 0.3 is 5.97 Å². The maximum atomic E-state index is 13.4. The first-order chi connectivity index (χ1) is 38.2. The Bertz CT molecular complexity index is 1630. The minimum absolute atomic E-state index is 0.109. The van der Waals surface area contributed by atoms with Crippen LogP contribution in [0.4, 0.5) is 0 Å². The molecule has 1 aliphatic heterocycles. The summed E-state index contributed by atoms with van der Waals surface area (Å²) in [4.78, 5) is 26.5. The van der Waals surface area contributed by atoms with E-state index in [2.05, 4.69) is 105 Å². The van der Waals surface area contributed by atoms with E-state index in [1.807, 2.05) is 12.2 Å². The molecule has 1 rings (SSSR count). The predicted molar refractivity (Wildman–Crippen MR) is 324 cm³/mol. The first-order valence-electron chi connectivity index (χ1n) is 31.5. The molecule has 0 aromatic rings. The fourth-order valence-electron chi connectivity index (χ4n) is 9.24. The number of unbranched alkanes of at least 4 members (excludes halogenated alkanes) is 24. The van der Waals surface area contributed by atoms with Crippen molar-refractivity contribution >= 4 is 11.9 Å². The molecule has 1 heterocycles. The summed E-state index contributed by atoms with van der Waals surface area (Å²) in [5.41, 5.74) is 0. The lowest BCUT2D eigenvalue weighted by molar-refractivity contribution is -0.305. The van der Waals surface area contributed by atoms with Crippen molar-refractivity contribution in [2.45, 2.75) is 301 Å². The molecule has 0 aromatic heterocycles. The summed E-state index contributed by atoms with van der Waals surface area (Å²) < 4.78 is 17.6. The van der Waals surface area contributed by atoms with Crippen LogP contribution in [0.3, 0.4) is 0 Å². The fourth-order valence-corrected chi connectivity index (χ4v) is 9.24. The van der Waals surface area contributed by atoms with Crippen LogP contribution in [-0.4, -0.2) is 99.6 Å². The molecule has 1 aliphatic rings. The quantitative estimate of drug-likeness (QED) is 0.0195. The number of allylic oxidation sites excluding steroid dienone is 15. The minimum atomic E-state index is -1.63. The summed E-state index contributed by atoms with van der Waals surface area (Å²) in [6, 6.07) is -1.05. The fraction of sp³-hybridized carbons (Fsp3) is 0.731. The van der Waals surface area contributed by atoms with E-state index in [1.54, 1.807) is 6.08 Å². The van der Waals surface area contributed by atoms with E-state index in [-0.39, 0.29) is 19.4 Å². The number of nitrogens with one attached hydrogen (secondary N) is 1. The molecule has 0 radical (unpaired) electrons. The summed E-state index contributed by atoms with van der Waals surface area (Å²) in [5, 5.41) is 56.9. The zero-order chi connectivity index (χ0) is 56.8. The van der Waals surface area contributed by atoms with Gasteiger partial charge in [0.1, 0.15) is 24.4 Å². The Hall–Kier alpha value is -3.42. The monoisotopic (exact) mass is 1090 g/mol. The van der Waals surface area contributed by atoms with E-state index in [0.29, 0.717) is 19.3 Å². The van der Waals surface area contributed by atoms with Crippen LogP contribution in [0.25, 0.3) is 0 Å². The van der Waals surface area contributed by atoms with Crippen LogP contribution in [0.1, 0.15) is 252 Å². The highest BCUT2D eigenvalue weighted by Gasteiger charge is 2.47. The zero-order valence-electron chi connectivity index (χ0n) is 49.5. The van der Waals surface area contributed by atoms with Crippen LogP contribution >= 0.6 is 0 Å². The number of carbonyl (C=O) groups excluding carboxylic acids is 2. The Kier molecular flexibility index (Phi) is 50.4. The molecule has 6 N–H and O–H groups in total. The third kappa shape index (κ3) is 41.6. The molecule has 1 amide bonds. The third-order valence-corrected chi connectivity index (χ3v) is 14.2. The molecule has 8 unspecified atom stereocenters. The topological polar surface area (TPSA) is 175 Å². The molecule has 0 bridgehead atoms. The maximum Gasteiger partial charge on any atom is 0.306 e. The number of aliphatic hydroxyl groups is 5. The highest BCUT2D eigenvalue weighted by atomic mass is 16.7. The number of hydrogen-bond acceptors (Lipinski definition) is 10. The lowest BCUT2D eigenvalue weighted by Gasteiger charge is -2.41. The van der Waals surface area contributed by atoms with Gasteiger partial charge in [0.05, 0.1) is 25.4 Å². The highest BCUT2D eigenvalue weighted by Crippen LogP contribution is 2.26. The molecule has 0 aliphatic carbocycles. The van der Waals surface area contributed by atoms with Crippen molar-refractivity contribution < 1.29 is 49.3 Å². The number of ether oxygens (including phenoxy) is 3. The van der Waals surface area contributed by atoms with Gasteiger partial charge in [-0.3, -0.25) is 9.59 Å². The van der Waals surface area contributed by atoms with Crippen molar-refractivity contribution in [2.75, 3.05) is 13.2 Å². The summed E-state index contributed by atoms with van der Waals surface area (Å²) in [5.74, 6) is -1.25. The van der Waals surface area contributed by atoms with Crippen molar-refractivity contribution in [3.8, 4) is 0 Å². The number of hydrogen-bond donors (Lipinski definition) is 6. The molecule has 78 heavy (non-hydrogen) atoms. The van der Waals surface area contributed by atoms with Crippen LogP contribution in [0.2, 0.25) is 0 Å². The second kappa shape index (κ2) is 54.2. The first-order valence-corrected chi connectivity index (χ1v) is 31.5. The Morgan fingerprint density at radius 1 is 0.513 bits per heavy atom. The van der Waals surface area contributed by atoms with Gasteiger partial charge in [-0.05, 0) is 103 Å². The van der Waals surface area contributed by atoms with Gasteiger partial charge in [0, 0.05) is 6.42 Å². The van der Waals surface area contributed by atoms with Crippen molar-refractivity contribution in [3.05, 3.63) is 97.2 Å². The molecular formula is C67H115NO10. The van der Waals surface area contributed by atoms with Crippen LogP contribution in [0.15, 0.2) is 97.2 Å². The van der Waals surface area contributed by atoms with Gasteiger partial charge in [-0.1, -0.05) is 240 Å². The summed E-state index contributed by atoms with van der Waals surface area (Å²) in [6.45, 7) is 5.64. The number of rotatable bonds is 52. The first kappa shape index (κ1) is 72.6. The largest absolute Gasteiger partial charge is 0.454 e. The van der Waals surface area contributed by atoms with E-state index >= 15 is 0 Å². The van der Waals surface area contributed by atoms with E-state index in [1.165, 1.54) is 103 Å². The zero-order valence-corrected chi connectivity index (χ0v) is 49.5. The van der Waals surface area contributed by atoms with E-state index in [4.69, 9.17) is 14.2 Å². The Morgan fingerprint density at radius 2 is 0.923 bits per heavy atom. The lowest BCUT2D eigenvalue weighted by Crippen LogP contribution is -2.61. The molecule has 1 saturated heterocycles. The second-order valence-electron chi connectivity index (χ2n) is 21.4. The van der Waals surface area contributed by atoms with Crippen molar-refractivity contribution in [1.82, 2.24) is 5.32 Å². The molecular weight excluding hydrogens is 979 g/mol. The standard InChI is InChI=1S/C67H115NO10/c1-4-7-10-13-16-19-22-25-27-29-30-31-33-34-36-39-42-45-48-51-54-60(71)66(75)68-58(59(70)53-50-47-44-41-38-24-21-18-15-12-9-6-3)57-76-67-65(64(74)63(73)61(56-69)77-67)78-62(72)55-52-49-46-43-40-37-35-32-28-26-23-20-17-14-11-8-5-2/h7,10,16,19,25-28,30-31,34,36,42,45,50,53,58-61,63-65,67,69-71,73-74H,4-6,8-9,11-15,17-18,20-24,29,32-33,35,37-41,43-44,46-49,51-52,54-57H2,1-3H3,(H,68,75)/b10-7-,19-16-,27-25-,28-26+,31-30-,36-34-,45-42-,53-50+. The predicted octanol–water partition coefficient (Wildman–Crippen LogP) is 15.1. The normalized spacial score (nSPS) is 19.6. The van der Waals surface area contributed by atoms with Gasteiger partial charge in [-0.2, -0.15) is 0 Å². The van der Waals surface area contributed by atoms with Crippen molar-refractivity contribution in [3.63, 3.8) is 0 Å². The van der Waals surface area contributed by atoms with Crippen LogP contribution in [0, 0.1) is 0 Å². The molecule has 11 heteroatoms. The smallest absolute Gasteiger partial charge is 0.306 e.